The van der Waals surface area contributed by atoms with Gasteiger partial charge in [0.05, 0.1) is 10.7 Å². The topological polar surface area (TPSA) is 25.8 Å². The quantitative estimate of drug-likeness (QED) is 0.527. The van der Waals surface area contributed by atoms with Crippen molar-refractivity contribution in [2.45, 2.75) is 6.42 Å². The summed E-state index contributed by atoms with van der Waals surface area (Å²) >= 11 is 11.4. The minimum Gasteiger partial charge on any atom is -0.239 e. The molecule has 0 spiro atoms. The van der Waals surface area contributed by atoms with E-state index in [-0.39, 0.29) is 0 Å². The fourth-order valence-corrected chi connectivity index (χ4v) is 0.988. The van der Waals surface area contributed by atoms with Crippen LogP contribution in [0.1, 0.15) is 5.69 Å². The molecule has 0 bridgehead atoms. The Bertz CT molecular complexity index is 273. The molecular weight excluding hydrogens is 183 g/mol. The summed E-state index contributed by atoms with van der Waals surface area (Å²) < 4.78 is 0. The molecule has 4 heteroatoms. The normalized spacial score (nSPS) is 9.64. The molecule has 0 aliphatic carbocycles. The largest absolute Gasteiger partial charge is 0.239 e. The first-order valence-corrected chi connectivity index (χ1v) is 3.77. The van der Waals surface area contributed by atoms with Gasteiger partial charge < -0.3 is 0 Å². The van der Waals surface area contributed by atoms with E-state index in [4.69, 9.17) is 23.2 Å². The Kier molecular flexibility index (Phi) is 2.85. The van der Waals surface area contributed by atoms with Crippen molar-refractivity contribution in [2.75, 3.05) is 0 Å². The van der Waals surface area contributed by atoms with Gasteiger partial charge in [0.15, 0.2) is 5.15 Å². The Hall–Kier alpha value is -0.600. The summed E-state index contributed by atoms with van der Waals surface area (Å²) in [5.41, 5.74) is 0.710. The van der Waals surface area contributed by atoms with Crippen LogP contribution >= 0.6 is 23.2 Å². The van der Waals surface area contributed by atoms with Crippen LogP contribution in [0.25, 0.3) is 0 Å². The van der Waals surface area contributed by atoms with Crippen molar-refractivity contribution in [1.29, 1.82) is 0 Å². The minimum absolute atomic E-state index is 0.290. The second-order valence-corrected chi connectivity index (χ2v) is 2.65. The predicted molar refractivity (Wildman–Crippen MR) is 46.0 cm³/mol. The Morgan fingerprint density at radius 3 is 2.82 bits per heavy atom. The van der Waals surface area contributed by atoms with E-state index in [1.165, 1.54) is 6.33 Å². The standard InChI is InChI=1S/C7H6Cl2N2/c1-2-3-5-6(8)7(9)11-4-10-5/h2,4H,1,3H2. The number of halogens is 2. The number of allylic oxidation sites excluding steroid dienone is 1. The molecule has 0 radical (unpaired) electrons. The zero-order valence-electron chi connectivity index (χ0n) is 5.72. The Morgan fingerprint density at radius 1 is 1.45 bits per heavy atom. The van der Waals surface area contributed by atoms with Gasteiger partial charge in [-0.05, 0) is 0 Å². The van der Waals surface area contributed by atoms with Gasteiger partial charge in [-0.2, -0.15) is 0 Å². The minimum atomic E-state index is 0.290. The van der Waals surface area contributed by atoms with Gasteiger partial charge in [-0.1, -0.05) is 29.3 Å². The van der Waals surface area contributed by atoms with Gasteiger partial charge in [0.2, 0.25) is 0 Å². The molecule has 0 aromatic carbocycles. The molecule has 1 heterocycles. The summed E-state index contributed by atoms with van der Waals surface area (Å²) in [5, 5.41) is 0.701. The molecule has 2 nitrogen and oxygen atoms in total. The highest BCUT2D eigenvalue weighted by atomic mass is 35.5. The van der Waals surface area contributed by atoms with Crippen LogP contribution in [0.3, 0.4) is 0 Å². The highest BCUT2D eigenvalue weighted by Crippen LogP contribution is 2.21. The number of nitrogens with zero attached hydrogens (tertiary/aromatic N) is 2. The zero-order chi connectivity index (χ0) is 8.27. The van der Waals surface area contributed by atoms with Gasteiger partial charge in [-0.15, -0.1) is 6.58 Å². The first-order valence-electron chi connectivity index (χ1n) is 3.01. The fourth-order valence-electron chi connectivity index (χ4n) is 0.661. The third-order valence-corrected chi connectivity index (χ3v) is 1.94. The van der Waals surface area contributed by atoms with Crippen molar-refractivity contribution in [3.8, 4) is 0 Å². The second kappa shape index (κ2) is 3.69. The Morgan fingerprint density at radius 2 is 2.18 bits per heavy atom. The van der Waals surface area contributed by atoms with E-state index in [1.54, 1.807) is 6.08 Å². The van der Waals surface area contributed by atoms with E-state index in [1.807, 2.05) is 0 Å². The lowest BCUT2D eigenvalue weighted by Crippen LogP contribution is -1.91. The van der Waals surface area contributed by atoms with Crippen LogP contribution in [0.5, 0.6) is 0 Å². The van der Waals surface area contributed by atoms with Gasteiger partial charge >= 0.3 is 0 Å². The van der Waals surface area contributed by atoms with Crippen LogP contribution in [0.4, 0.5) is 0 Å². The van der Waals surface area contributed by atoms with Crippen molar-refractivity contribution in [2.24, 2.45) is 0 Å². The van der Waals surface area contributed by atoms with Gasteiger partial charge in [-0.3, -0.25) is 0 Å². The average molecular weight is 189 g/mol. The van der Waals surface area contributed by atoms with Crippen LogP contribution in [0.15, 0.2) is 19.0 Å². The van der Waals surface area contributed by atoms with Gasteiger partial charge in [-0.25, -0.2) is 9.97 Å². The van der Waals surface area contributed by atoms with Crippen LogP contribution in [0.2, 0.25) is 10.2 Å². The van der Waals surface area contributed by atoms with Crippen LogP contribution in [-0.2, 0) is 6.42 Å². The predicted octanol–water partition coefficient (Wildman–Crippen LogP) is 2.51. The zero-order valence-corrected chi connectivity index (χ0v) is 7.23. The molecule has 0 atom stereocenters. The van der Waals surface area contributed by atoms with Gasteiger partial charge in [0.25, 0.3) is 0 Å². The lowest BCUT2D eigenvalue weighted by molar-refractivity contribution is 1.05. The number of rotatable bonds is 2. The van der Waals surface area contributed by atoms with E-state index >= 15 is 0 Å². The smallest absolute Gasteiger partial charge is 0.151 e. The Labute approximate surface area is 74.9 Å². The average Bonchev–Trinajstić information content (AvgIpc) is 1.99. The summed E-state index contributed by atoms with van der Waals surface area (Å²) in [6, 6.07) is 0. The van der Waals surface area contributed by atoms with E-state index in [0.29, 0.717) is 22.3 Å². The lowest BCUT2D eigenvalue weighted by atomic mass is 10.3. The molecule has 0 saturated heterocycles. The summed E-state index contributed by atoms with van der Waals surface area (Å²) in [5.74, 6) is 0. The first kappa shape index (κ1) is 8.50. The van der Waals surface area contributed by atoms with E-state index in [9.17, 15) is 0 Å². The Balaban J connectivity index is 3.05. The van der Waals surface area contributed by atoms with Crippen molar-refractivity contribution in [1.82, 2.24) is 9.97 Å². The summed E-state index contributed by atoms with van der Waals surface area (Å²) in [7, 11) is 0. The monoisotopic (exact) mass is 188 g/mol. The SMILES string of the molecule is C=CCc1ncnc(Cl)c1Cl. The molecule has 0 saturated carbocycles. The molecule has 0 unspecified atom stereocenters. The van der Waals surface area contributed by atoms with Crippen molar-refractivity contribution < 1.29 is 0 Å². The number of aromatic nitrogens is 2. The molecule has 1 rings (SSSR count). The summed E-state index contributed by atoms with van der Waals surface area (Å²) in [6.45, 7) is 3.56. The van der Waals surface area contributed by atoms with Crippen molar-refractivity contribution >= 4 is 23.2 Å². The molecule has 0 fully saturated rings. The maximum atomic E-state index is 5.77. The highest BCUT2D eigenvalue weighted by molar-refractivity contribution is 6.41. The van der Waals surface area contributed by atoms with E-state index < -0.39 is 0 Å². The molecule has 0 aliphatic heterocycles. The lowest BCUT2D eigenvalue weighted by Gasteiger charge is -1.98. The van der Waals surface area contributed by atoms with Crippen molar-refractivity contribution in [3.63, 3.8) is 0 Å². The maximum absolute atomic E-state index is 5.77. The fraction of sp³-hybridized carbons (Fsp3) is 0.143. The molecule has 0 aliphatic rings. The van der Waals surface area contributed by atoms with Gasteiger partial charge in [0, 0.05) is 6.42 Å². The van der Waals surface area contributed by atoms with Crippen LogP contribution in [-0.4, -0.2) is 9.97 Å². The molecule has 0 N–H and O–H groups in total. The van der Waals surface area contributed by atoms with E-state index in [2.05, 4.69) is 16.5 Å². The molecule has 11 heavy (non-hydrogen) atoms. The highest BCUT2D eigenvalue weighted by Gasteiger charge is 2.04. The number of hydrogen-bond acceptors (Lipinski definition) is 2. The molecular formula is C7H6Cl2N2. The van der Waals surface area contributed by atoms with Crippen LogP contribution < -0.4 is 0 Å². The van der Waals surface area contributed by atoms with E-state index in [0.717, 1.165) is 0 Å². The molecule has 1 aromatic heterocycles. The van der Waals surface area contributed by atoms with Crippen LogP contribution in [0, 0.1) is 0 Å². The molecule has 0 amide bonds. The third-order valence-electron chi connectivity index (χ3n) is 1.16. The second-order valence-electron chi connectivity index (χ2n) is 1.92. The van der Waals surface area contributed by atoms with Gasteiger partial charge in [0.1, 0.15) is 6.33 Å². The van der Waals surface area contributed by atoms with Crippen molar-refractivity contribution in [3.05, 3.63) is 34.9 Å². The summed E-state index contributed by atoms with van der Waals surface area (Å²) in [6.07, 6.45) is 3.71. The maximum Gasteiger partial charge on any atom is 0.151 e. The first-order chi connectivity index (χ1) is 5.25. The molecule has 1 aromatic rings. The number of hydrogen-bond donors (Lipinski definition) is 0. The molecule has 58 valence electrons. The third kappa shape index (κ3) is 1.91. The summed E-state index contributed by atoms with van der Waals surface area (Å²) in [4.78, 5) is 7.64.